The number of allylic oxidation sites excluding steroid dienone is 3. The van der Waals surface area contributed by atoms with E-state index in [-0.39, 0.29) is 0 Å². The summed E-state index contributed by atoms with van der Waals surface area (Å²) in [6.07, 6.45) is 8.20. The molecule has 0 aromatic rings. The first kappa shape index (κ1) is 22.2. The van der Waals surface area contributed by atoms with Crippen molar-refractivity contribution in [2.24, 2.45) is 0 Å². The third-order valence-electron chi connectivity index (χ3n) is 2.83. The van der Waals surface area contributed by atoms with Crippen LogP contribution < -0.4 is 0 Å². The van der Waals surface area contributed by atoms with Crippen LogP contribution in [0.3, 0.4) is 0 Å². The van der Waals surface area contributed by atoms with Gasteiger partial charge in [-0.3, -0.25) is 4.79 Å². The molecular weight excluding hydrogens is 279 g/mol. The van der Waals surface area contributed by atoms with Crippen molar-refractivity contribution in [3.05, 3.63) is 24.3 Å². The zero-order chi connectivity index (χ0) is 16.7. The Bertz CT molecular complexity index is 298. The molecule has 0 saturated carbocycles. The number of alkyl halides is 3. The Hall–Kier alpha value is -1.10. The van der Waals surface area contributed by atoms with Crippen LogP contribution >= 0.6 is 0 Å². The highest BCUT2D eigenvalue weighted by atomic mass is 19.4. The molecule has 1 unspecified atom stereocenters. The van der Waals surface area contributed by atoms with Crippen LogP contribution in [0.15, 0.2) is 24.3 Å². The van der Waals surface area contributed by atoms with Crippen molar-refractivity contribution in [2.75, 3.05) is 13.6 Å². The fourth-order valence-electron chi connectivity index (χ4n) is 1.81. The van der Waals surface area contributed by atoms with Crippen LogP contribution in [0.5, 0.6) is 0 Å². The zero-order valence-corrected chi connectivity index (χ0v) is 13.5. The smallest absolute Gasteiger partial charge is 0.303 e. The Morgan fingerprint density at radius 3 is 2.10 bits per heavy atom. The Morgan fingerprint density at radius 1 is 1.19 bits per heavy atom. The van der Waals surface area contributed by atoms with E-state index in [0.29, 0.717) is 0 Å². The molecule has 1 aliphatic heterocycles. The predicted octanol–water partition coefficient (Wildman–Crippen LogP) is 4.77. The molecule has 1 rings (SSSR count). The summed E-state index contributed by atoms with van der Waals surface area (Å²) in [7, 11) is 2.23. The maximum atomic E-state index is 10.4. The summed E-state index contributed by atoms with van der Waals surface area (Å²) in [5.74, 6) is 0. The van der Waals surface area contributed by atoms with Crippen molar-refractivity contribution < 1.29 is 18.0 Å². The second-order valence-corrected chi connectivity index (χ2v) is 4.44. The van der Waals surface area contributed by atoms with E-state index in [9.17, 15) is 13.2 Å². The summed E-state index contributed by atoms with van der Waals surface area (Å²) in [5, 5.41) is 0. The van der Waals surface area contributed by atoms with Crippen LogP contribution in [-0.4, -0.2) is 37.0 Å². The molecule has 5 heteroatoms. The van der Waals surface area contributed by atoms with E-state index < -0.39 is 12.5 Å². The molecule has 0 aliphatic carbocycles. The van der Waals surface area contributed by atoms with Gasteiger partial charge >= 0.3 is 6.18 Å². The average molecular weight is 307 g/mol. The van der Waals surface area contributed by atoms with Gasteiger partial charge in [0.1, 0.15) is 0 Å². The fourth-order valence-corrected chi connectivity index (χ4v) is 1.81. The second-order valence-electron chi connectivity index (χ2n) is 4.44. The van der Waals surface area contributed by atoms with Crippen LogP contribution in [0.4, 0.5) is 13.2 Å². The van der Waals surface area contributed by atoms with E-state index >= 15 is 0 Å². The predicted molar refractivity (Wildman–Crippen MR) is 82.3 cm³/mol. The minimum absolute atomic E-state index is 0.797. The van der Waals surface area contributed by atoms with E-state index in [0.717, 1.165) is 12.5 Å². The molecule has 124 valence electrons. The largest absolute Gasteiger partial charge is 0.446 e. The number of halogens is 3. The lowest BCUT2D eigenvalue weighted by Gasteiger charge is -2.16. The summed E-state index contributed by atoms with van der Waals surface area (Å²) in [6.45, 7) is 7.44. The lowest BCUT2D eigenvalue weighted by molar-refractivity contribution is -0.156. The van der Waals surface area contributed by atoms with Crippen molar-refractivity contribution in [1.29, 1.82) is 0 Å². The molecule has 0 N–H and O–H groups in total. The molecular formula is C16H28F3NO. The molecule has 0 bridgehead atoms. The first-order chi connectivity index (χ1) is 9.90. The molecule has 1 heterocycles. The molecule has 0 aromatic heterocycles. The Kier molecular flexibility index (Phi) is 14.6. The van der Waals surface area contributed by atoms with Crippen LogP contribution in [0.1, 0.15) is 46.5 Å². The number of rotatable bonds is 4. The van der Waals surface area contributed by atoms with Gasteiger partial charge in [0.25, 0.3) is 0 Å². The van der Waals surface area contributed by atoms with Gasteiger partial charge in [0.05, 0.1) is 0 Å². The van der Waals surface area contributed by atoms with Crippen LogP contribution in [0, 0.1) is 0 Å². The number of nitrogens with zero attached hydrogens (tertiary/aromatic N) is 1. The van der Waals surface area contributed by atoms with E-state index in [1.807, 2.05) is 13.8 Å². The third-order valence-corrected chi connectivity index (χ3v) is 2.83. The van der Waals surface area contributed by atoms with E-state index in [4.69, 9.17) is 4.79 Å². The first-order valence-corrected chi connectivity index (χ1v) is 7.45. The molecule has 2 nitrogen and oxygen atoms in total. The fraction of sp³-hybridized carbons (Fsp3) is 0.688. The minimum atomic E-state index is -4.64. The minimum Gasteiger partial charge on any atom is -0.303 e. The maximum Gasteiger partial charge on any atom is 0.446 e. The molecule has 0 amide bonds. The van der Waals surface area contributed by atoms with Gasteiger partial charge in [-0.05, 0) is 39.3 Å². The van der Waals surface area contributed by atoms with Gasteiger partial charge in [-0.2, -0.15) is 13.2 Å². The molecule has 1 saturated heterocycles. The molecule has 1 fully saturated rings. The van der Waals surface area contributed by atoms with Crippen molar-refractivity contribution in [2.45, 2.75) is 58.7 Å². The highest BCUT2D eigenvalue weighted by molar-refractivity contribution is 5.56. The highest BCUT2D eigenvalue weighted by Crippen LogP contribution is 2.17. The number of likely N-dealkylation sites (tertiary alicyclic amines) is 1. The van der Waals surface area contributed by atoms with Crippen molar-refractivity contribution >= 4 is 6.29 Å². The van der Waals surface area contributed by atoms with Gasteiger partial charge in [-0.25, -0.2) is 0 Å². The quantitative estimate of drug-likeness (QED) is 0.551. The molecule has 0 radical (unpaired) electrons. The van der Waals surface area contributed by atoms with Gasteiger partial charge in [-0.1, -0.05) is 45.1 Å². The lowest BCUT2D eigenvalue weighted by Crippen LogP contribution is -2.23. The monoisotopic (exact) mass is 307 g/mol. The summed E-state index contributed by atoms with van der Waals surface area (Å²) >= 11 is 0. The summed E-state index contributed by atoms with van der Waals surface area (Å²) < 4.78 is 31.2. The summed E-state index contributed by atoms with van der Waals surface area (Å²) in [6, 6.07) is 0.797. The van der Waals surface area contributed by atoms with Crippen LogP contribution in [-0.2, 0) is 4.79 Å². The van der Waals surface area contributed by atoms with Crippen molar-refractivity contribution in [3.8, 4) is 0 Å². The van der Waals surface area contributed by atoms with Gasteiger partial charge in [0.15, 0.2) is 0 Å². The van der Waals surface area contributed by atoms with E-state index in [1.54, 1.807) is 0 Å². The highest BCUT2D eigenvalue weighted by Gasteiger charge is 2.24. The second kappa shape index (κ2) is 13.9. The average Bonchev–Trinajstić information content (AvgIpc) is 2.86. The van der Waals surface area contributed by atoms with E-state index in [1.165, 1.54) is 25.8 Å². The van der Waals surface area contributed by atoms with Gasteiger partial charge in [0.2, 0.25) is 6.29 Å². The summed E-state index contributed by atoms with van der Waals surface area (Å²) in [4.78, 5) is 11.2. The number of carbonyl (C=O) groups is 1. The molecule has 0 aromatic carbocycles. The topological polar surface area (TPSA) is 20.3 Å². The molecule has 1 aliphatic rings. The Labute approximate surface area is 126 Å². The Morgan fingerprint density at radius 2 is 1.71 bits per heavy atom. The summed E-state index contributed by atoms with van der Waals surface area (Å²) in [5.41, 5.74) is 0. The first-order valence-electron chi connectivity index (χ1n) is 7.45. The number of carbonyl (C=O) groups excluding carboxylic acids is 1. The Balaban J connectivity index is 0. The number of hydrogen-bond acceptors (Lipinski definition) is 2. The standard InChI is InChI=1S/C12H21N.C2HF3O.C2H6/c1-3-4-5-6-7-9-12-10-8-11-13(12)2;3-2(4,5)1-6;1-2/h4-7,12H,3,8-11H2,1-2H3;1H;1-2H3/b5-4-,7-6-;;. The lowest BCUT2D eigenvalue weighted by atomic mass is 10.1. The third kappa shape index (κ3) is 15.1. The van der Waals surface area contributed by atoms with Crippen molar-refractivity contribution in [3.63, 3.8) is 0 Å². The number of hydrogen-bond donors (Lipinski definition) is 0. The van der Waals surface area contributed by atoms with Crippen LogP contribution in [0.2, 0.25) is 0 Å². The van der Waals surface area contributed by atoms with Gasteiger partial charge < -0.3 is 4.90 Å². The van der Waals surface area contributed by atoms with Gasteiger partial charge in [-0.15, -0.1) is 0 Å². The molecule has 0 spiro atoms. The normalized spacial score (nSPS) is 19.1. The van der Waals surface area contributed by atoms with Gasteiger partial charge in [0, 0.05) is 6.04 Å². The van der Waals surface area contributed by atoms with E-state index in [2.05, 4.69) is 43.2 Å². The molecule has 21 heavy (non-hydrogen) atoms. The molecule has 1 atom stereocenters. The SMILES string of the molecule is CC.CC/C=C\C=C/CC1CCCN1C.O=CC(F)(F)F. The maximum absolute atomic E-state index is 10.4. The number of aldehydes is 1. The zero-order valence-electron chi connectivity index (χ0n) is 13.5. The van der Waals surface area contributed by atoms with Crippen LogP contribution in [0.25, 0.3) is 0 Å². The van der Waals surface area contributed by atoms with Crippen molar-refractivity contribution in [1.82, 2.24) is 4.90 Å².